The van der Waals surface area contributed by atoms with Crippen LogP contribution in [0.25, 0.3) is 0 Å². The van der Waals surface area contributed by atoms with Gasteiger partial charge >= 0.3 is 0 Å². The molecule has 0 radical (unpaired) electrons. The molecule has 4 bridgehead atoms. The van der Waals surface area contributed by atoms with Crippen molar-refractivity contribution in [3.8, 4) is 11.5 Å². The molecule has 3 aromatic carbocycles. The Morgan fingerprint density at radius 1 is 0.939 bits per heavy atom. The van der Waals surface area contributed by atoms with Gasteiger partial charge in [-0.05, 0) is 59.9 Å². The highest BCUT2D eigenvalue weighted by Gasteiger charge is 2.35. The minimum Gasteiger partial charge on any atom is -0.457 e. The Balaban J connectivity index is 1.19. The number of hydrogen-bond acceptors (Lipinski definition) is 8. The van der Waals surface area contributed by atoms with Crippen LogP contribution < -0.4 is 10.1 Å². The van der Waals surface area contributed by atoms with E-state index < -0.39 is 29.8 Å². The molecule has 49 heavy (non-hydrogen) atoms. The van der Waals surface area contributed by atoms with Gasteiger partial charge in [0.05, 0.1) is 25.3 Å². The Bertz CT molecular complexity index is 1920. The van der Waals surface area contributed by atoms with Crippen molar-refractivity contribution in [2.75, 3.05) is 33.2 Å². The molecule has 1 saturated heterocycles. The Labute approximate surface area is 281 Å². The topological polar surface area (TPSA) is 135 Å². The van der Waals surface area contributed by atoms with Gasteiger partial charge in [-0.15, -0.1) is 0 Å². The number of rotatable bonds is 2. The Hall–Kier alpha value is -5.56. The molecular formula is C36H34FN5O7. The van der Waals surface area contributed by atoms with E-state index >= 15 is 0 Å². The normalized spacial score (nSPS) is 19.8. The predicted octanol–water partition coefficient (Wildman–Crippen LogP) is 3.81. The number of aromatic nitrogens is 1. The molecule has 3 aliphatic heterocycles. The molecule has 252 valence electrons. The maximum atomic E-state index is 14.9. The maximum Gasteiger partial charge on any atom is 0.275 e. The van der Waals surface area contributed by atoms with Crippen molar-refractivity contribution in [3.05, 3.63) is 113 Å². The lowest BCUT2D eigenvalue weighted by Gasteiger charge is -2.38. The zero-order valence-electron chi connectivity index (χ0n) is 26.8. The summed E-state index contributed by atoms with van der Waals surface area (Å²) in [6.07, 6.45) is 2.99. The van der Waals surface area contributed by atoms with Crippen LogP contribution >= 0.6 is 0 Å². The quantitative estimate of drug-likeness (QED) is 0.341. The summed E-state index contributed by atoms with van der Waals surface area (Å²) in [6, 6.07) is 16.0. The van der Waals surface area contributed by atoms with Crippen LogP contribution in [-0.2, 0) is 29.1 Å². The zero-order valence-corrected chi connectivity index (χ0v) is 26.8. The van der Waals surface area contributed by atoms with Crippen LogP contribution in [0, 0.1) is 5.82 Å². The summed E-state index contributed by atoms with van der Waals surface area (Å²) in [5.74, 6) is -1.88. The van der Waals surface area contributed by atoms with Gasteiger partial charge in [0.15, 0.2) is 12.1 Å². The van der Waals surface area contributed by atoms with Gasteiger partial charge < -0.3 is 33.9 Å². The van der Waals surface area contributed by atoms with E-state index in [1.54, 1.807) is 15.9 Å². The van der Waals surface area contributed by atoms with Crippen molar-refractivity contribution in [1.82, 2.24) is 25.0 Å². The highest BCUT2D eigenvalue weighted by atomic mass is 19.1. The Kier molecular flexibility index (Phi) is 8.83. The summed E-state index contributed by atoms with van der Waals surface area (Å²) < 4.78 is 32.1. The van der Waals surface area contributed by atoms with Gasteiger partial charge in [0, 0.05) is 50.4 Å². The molecule has 7 rings (SSSR count). The summed E-state index contributed by atoms with van der Waals surface area (Å²) in [5.41, 5.74) is 3.21. The molecule has 0 spiro atoms. The fourth-order valence-electron chi connectivity index (χ4n) is 6.55. The number of piperidine rings is 1. The maximum absolute atomic E-state index is 14.9. The van der Waals surface area contributed by atoms with Crippen molar-refractivity contribution in [2.45, 2.75) is 38.1 Å². The first-order valence-corrected chi connectivity index (χ1v) is 16.0. The summed E-state index contributed by atoms with van der Waals surface area (Å²) in [5, 5.41) is 2.93. The SMILES string of the molecule is CN1CC(=O)N[C@@H]2CN(C(=O)c3cocn3)CC[C@@H]2OCc2cc(F)cc(c2)Oc2cc(cc(C(=O)N3CCc4ccccc4C3)c2)C1=O. The van der Waals surface area contributed by atoms with Crippen LogP contribution in [0.3, 0.4) is 0 Å². The van der Waals surface area contributed by atoms with Crippen molar-refractivity contribution < 1.29 is 37.5 Å². The van der Waals surface area contributed by atoms with Crippen molar-refractivity contribution in [2.24, 2.45) is 0 Å². The van der Waals surface area contributed by atoms with Crippen molar-refractivity contribution >= 4 is 23.6 Å². The fraction of sp³-hybridized carbons (Fsp3) is 0.306. The van der Waals surface area contributed by atoms with Crippen LogP contribution in [0.5, 0.6) is 11.5 Å². The van der Waals surface area contributed by atoms with Gasteiger partial charge in [-0.3, -0.25) is 19.2 Å². The lowest BCUT2D eigenvalue weighted by molar-refractivity contribution is -0.124. The Morgan fingerprint density at radius 3 is 2.57 bits per heavy atom. The molecular weight excluding hydrogens is 633 g/mol. The first kappa shape index (κ1) is 32.0. The molecule has 2 atom stereocenters. The number of ether oxygens (including phenoxy) is 2. The zero-order chi connectivity index (χ0) is 34.1. The molecule has 0 saturated carbocycles. The van der Waals surface area contributed by atoms with Crippen molar-refractivity contribution in [3.63, 3.8) is 0 Å². The average molecular weight is 668 g/mol. The summed E-state index contributed by atoms with van der Waals surface area (Å²) >= 11 is 0. The van der Waals surface area contributed by atoms with E-state index in [-0.39, 0.29) is 59.8 Å². The van der Waals surface area contributed by atoms with Crippen LogP contribution in [0.1, 0.15) is 54.3 Å². The first-order chi connectivity index (χ1) is 23.7. The third kappa shape index (κ3) is 7.02. The second-order valence-corrected chi connectivity index (χ2v) is 12.5. The van der Waals surface area contributed by atoms with Gasteiger partial charge in [-0.1, -0.05) is 24.3 Å². The number of fused-ring (bicyclic) bond motifs is 6. The molecule has 1 N–H and O–H groups in total. The molecule has 0 unspecified atom stereocenters. The molecule has 4 amide bonds. The lowest BCUT2D eigenvalue weighted by atomic mass is 9.99. The largest absolute Gasteiger partial charge is 0.457 e. The molecule has 0 aliphatic carbocycles. The minimum absolute atomic E-state index is 0.000980. The number of benzene rings is 3. The number of carbonyl (C=O) groups is 4. The smallest absolute Gasteiger partial charge is 0.275 e. The number of halogens is 1. The van der Waals surface area contributed by atoms with E-state index in [0.717, 1.165) is 5.56 Å². The summed E-state index contributed by atoms with van der Waals surface area (Å²) in [7, 11) is 1.48. The summed E-state index contributed by atoms with van der Waals surface area (Å²) in [4.78, 5) is 62.4. The number of nitrogens with zero attached hydrogens (tertiary/aromatic N) is 4. The van der Waals surface area contributed by atoms with Gasteiger partial charge in [0.25, 0.3) is 17.7 Å². The average Bonchev–Trinajstić information content (AvgIpc) is 3.64. The van der Waals surface area contributed by atoms with E-state index in [9.17, 15) is 23.6 Å². The molecule has 3 aliphatic rings. The highest BCUT2D eigenvalue weighted by Crippen LogP contribution is 2.29. The monoisotopic (exact) mass is 667 g/mol. The number of nitrogens with one attached hydrogen (secondary N) is 1. The van der Waals surface area contributed by atoms with Crippen LogP contribution in [-0.4, -0.2) is 88.7 Å². The third-order valence-electron chi connectivity index (χ3n) is 9.01. The summed E-state index contributed by atoms with van der Waals surface area (Å²) in [6.45, 7) is 1.06. The van der Waals surface area contributed by atoms with E-state index in [0.29, 0.717) is 38.0 Å². The van der Waals surface area contributed by atoms with Gasteiger partial charge in [-0.25, -0.2) is 9.37 Å². The number of carbonyl (C=O) groups excluding carboxylic acids is 4. The lowest BCUT2D eigenvalue weighted by Crippen LogP contribution is -2.58. The number of oxazole rings is 1. The van der Waals surface area contributed by atoms with Crippen LogP contribution in [0.2, 0.25) is 0 Å². The molecule has 4 aromatic rings. The van der Waals surface area contributed by atoms with Crippen LogP contribution in [0.4, 0.5) is 4.39 Å². The molecule has 13 heteroatoms. The number of hydrogen-bond donors (Lipinski definition) is 1. The van der Waals surface area contributed by atoms with Gasteiger partial charge in [0.1, 0.15) is 23.6 Å². The van der Waals surface area contributed by atoms with Gasteiger partial charge in [-0.2, -0.15) is 0 Å². The van der Waals surface area contributed by atoms with Crippen LogP contribution in [0.15, 0.2) is 77.7 Å². The van der Waals surface area contributed by atoms with E-state index in [2.05, 4.69) is 16.4 Å². The van der Waals surface area contributed by atoms with Crippen molar-refractivity contribution in [1.29, 1.82) is 0 Å². The standard InChI is InChI=1S/C36H34FN5O7/c1-40-18-33(43)39-30-17-42(36(46)31-20-47-21-38-31)9-7-32(30)48-19-22-10-27(37)15-28(11-22)49-29-13-25(34(40)44)12-26(14-29)35(45)41-8-6-23-4-2-3-5-24(23)16-41/h2-5,10-15,20-21,30,32H,6-9,16-19H2,1H3,(H,39,43)/t30-,32+/m1/s1. The minimum atomic E-state index is -0.639. The number of likely N-dealkylation sites (N-methyl/N-ethyl adjacent to an activating group) is 1. The van der Waals surface area contributed by atoms with Gasteiger partial charge in [0.2, 0.25) is 5.91 Å². The Morgan fingerprint density at radius 2 is 1.76 bits per heavy atom. The second-order valence-electron chi connectivity index (χ2n) is 12.5. The first-order valence-electron chi connectivity index (χ1n) is 16.0. The second kappa shape index (κ2) is 13.5. The number of likely N-dealkylation sites (tertiary alicyclic amines) is 1. The molecule has 4 heterocycles. The third-order valence-corrected chi connectivity index (χ3v) is 9.01. The number of amides is 4. The van der Waals surface area contributed by atoms with E-state index in [4.69, 9.17) is 13.9 Å². The predicted molar refractivity (Wildman–Crippen MR) is 172 cm³/mol. The molecule has 1 aromatic heterocycles. The molecule has 1 fully saturated rings. The molecule has 12 nitrogen and oxygen atoms in total. The van der Waals surface area contributed by atoms with E-state index in [1.807, 2.05) is 18.2 Å². The highest BCUT2D eigenvalue weighted by molar-refractivity contribution is 6.01. The van der Waals surface area contributed by atoms with E-state index in [1.165, 1.54) is 60.5 Å². The fourth-order valence-corrected chi connectivity index (χ4v) is 6.55.